The van der Waals surface area contributed by atoms with Gasteiger partial charge in [0.1, 0.15) is 24.0 Å². The quantitative estimate of drug-likeness (QED) is 0.321. The Morgan fingerprint density at radius 1 is 0.929 bits per heavy atom. The number of rotatable bonds is 6. The van der Waals surface area contributed by atoms with Crippen molar-refractivity contribution in [3.8, 4) is 16.3 Å². The number of benzene rings is 3. The molecule has 0 aliphatic carbocycles. The van der Waals surface area contributed by atoms with Gasteiger partial charge in [0.15, 0.2) is 0 Å². The lowest BCUT2D eigenvalue weighted by Gasteiger charge is -2.01. The summed E-state index contributed by atoms with van der Waals surface area (Å²) in [6.45, 7) is -0.423. The molecule has 0 spiro atoms. The first-order valence-electron chi connectivity index (χ1n) is 8.95. The molecule has 4 aromatic rings. The van der Waals surface area contributed by atoms with Crippen LogP contribution in [0, 0.1) is 0 Å². The van der Waals surface area contributed by atoms with Crippen molar-refractivity contribution >= 4 is 39.4 Å². The summed E-state index contributed by atoms with van der Waals surface area (Å²) < 4.78 is 18.7. The van der Waals surface area contributed by atoms with Gasteiger partial charge < -0.3 is 10.5 Å². The largest absolute Gasteiger partial charge is 0.491 e. The van der Waals surface area contributed by atoms with Crippen LogP contribution in [-0.4, -0.2) is 18.3 Å². The molecule has 140 valence electrons. The molecule has 3 aromatic carbocycles. The van der Waals surface area contributed by atoms with Crippen molar-refractivity contribution < 1.29 is 9.13 Å². The van der Waals surface area contributed by atoms with E-state index in [1.807, 2.05) is 42.5 Å². The Labute approximate surface area is 166 Å². The summed E-state index contributed by atoms with van der Waals surface area (Å²) >= 11 is 1.60. The van der Waals surface area contributed by atoms with Crippen molar-refractivity contribution in [3.05, 3.63) is 77.9 Å². The maximum Gasteiger partial charge on any atom is 0.124 e. The fourth-order valence-corrected chi connectivity index (χ4v) is 3.81. The lowest BCUT2D eigenvalue weighted by molar-refractivity contribution is 0.273. The average molecular weight is 390 g/mol. The van der Waals surface area contributed by atoms with Crippen LogP contribution >= 0.6 is 11.3 Å². The van der Waals surface area contributed by atoms with E-state index in [0.717, 1.165) is 37.6 Å². The maximum absolute atomic E-state index is 12.3. The number of anilines is 1. The number of nitrogens with zero attached hydrogens (tertiary/aromatic N) is 1. The zero-order valence-corrected chi connectivity index (χ0v) is 16.0. The first-order chi connectivity index (χ1) is 13.7. The Kier molecular flexibility index (Phi) is 5.35. The molecule has 1 heterocycles. The average Bonchev–Trinajstić information content (AvgIpc) is 3.15. The predicted octanol–water partition coefficient (Wildman–Crippen LogP) is 6.06. The number of ether oxygens (including phenoxy) is 1. The van der Waals surface area contributed by atoms with E-state index in [1.165, 1.54) is 0 Å². The van der Waals surface area contributed by atoms with Gasteiger partial charge in [-0.25, -0.2) is 9.37 Å². The molecule has 0 fully saturated rings. The summed E-state index contributed by atoms with van der Waals surface area (Å²) in [5.41, 5.74) is 10.7. The second-order valence-electron chi connectivity index (χ2n) is 6.31. The van der Waals surface area contributed by atoms with Crippen LogP contribution in [-0.2, 0) is 0 Å². The van der Waals surface area contributed by atoms with Gasteiger partial charge in [-0.3, -0.25) is 0 Å². The van der Waals surface area contributed by atoms with E-state index in [1.54, 1.807) is 11.3 Å². The monoisotopic (exact) mass is 390 g/mol. The lowest BCUT2D eigenvalue weighted by Crippen LogP contribution is -1.97. The number of nitrogens with two attached hydrogens (primary N) is 1. The molecule has 0 saturated heterocycles. The van der Waals surface area contributed by atoms with Gasteiger partial charge in [-0.15, -0.1) is 11.3 Å². The van der Waals surface area contributed by atoms with Crippen molar-refractivity contribution in [2.45, 2.75) is 0 Å². The van der Waals surface area contributed by atoms with Crippen molar-refractivity contribution in [3.63, 3.8) is 0 Å². The van der Waals surface area contributed by atoms with E-state index < -0.39 is 6.67 Å². The molecule has 2 N–H and O–H groups in total. The number of nitrogen functional groups attached to an aromatic ring is 1. The minimum Gasteiger partial charge on any atom is -0.491 e. The minimum atomic E-state index is -0.495. The fraction of sp³-hybridized carbons (Fsp3) is 0.0870. The topological polar surface area (TPSA) is 48.1 Å². The molecule has 3 nitrogen and oxygen atoms in total. The summed E-state index contributed by atoms with van der Waals surface area (Å²) in [7, 11) is 0. The van der Waals surface area contributed by atoms with E-state index in [0.29, 0.717) is 5.75 Å². The Balaban J connectivity index is 1.52. The zero-order chi connectivity index (χ0) is 19.3. The third kappa shape index (κ3) is 4.21. The second-order valence-corrected chi connectivity index (χ2v) is 7.34. The van der Waals surface area contributed by atoms with E-state index >= 15 is 0 Å². The first-order valence-corrected chi connectivity index (χ1v) is 9.76. The Bertz CT molecular complexity index is 1100. The predicted molar refractivity (Wildman–Crippen MR) is 116 cm³/mol. The zero-order valence-electron chi connectivity index (χ0n) is 15.1. The van der Waals surface area contributed by atoms with Crippen LogP contribution < -0.4 is 10.5 Å². The molecule has 0 bridgehead atoms. The highest BCUT2D eigenvalue weighted by atomic mass is 32.1. The highest BCUT2D eigenvalue weighted by Crippen LogP contribution is 2.32. The number of fused-ring (bicyclic) bond motifs is 1. The van der Waals surface area contributed by atoms with Crippen LogP contribution in [0.1, 0.15) is 11.1 Å². The van der Waals surface area contributed by atoms with Crippen molar-refractivity contribution in [1.29, 1.82) is 0 Å². The van der Waals surface area contributed by atoms with Gasteiger partial charge in [-0.2, -0.15) is 0 Å². The Morgan fingerprint density at radius 3 is 2.29 bits per heavy atom. The maximum atomic E-state index is 12.3. The number of aromatic nitrogens is 1. The standard InChI is InChI=1S/C23H19FN2OS/c24-13-14-27-20-11-12-21-22(15-20)28-23(26-21)18-7-3-16(4-8-18)1-2-17-5-9-19(25)10-6-17/h1-12,15H,13-14,25H2/b2-1+. The molecular weight excluding hydrogens is 371 g/mol. The number of thiazole rings is 1. The number of hydrogen-bond acceptors (Lipinski definition) is 4. The van der Waals surface area contributed by atoms with Gasteiger partial charge in [0, 0.05) is 11.3 Å². The molecule has 28 heavy (non-hydrogen) atoms. The van der Waals surface area contributed by atoms with Crippen molar-refractivity contribution in [1.82, 2.24) is 4.98 Å². The highest BCUT2D eigenvalue weighted by molar-refractivity contribution is 7.21. The SMILES string of the molecule is Nc1ccc(/C=C/c2ccc(-c3nc4ccc(OCCF)cc4s3)cc2)cc1. The minimum absolute atomic E-state index is 0.0719. The molecule has 0 aliphatic heterocycles. The van der Waals surface area contributed by atoms with Crippen LogP contribution in [0.3, 0.4) is 0 Å². The van der Waals surface area contributed by atoms with Crippen LogP contribution in [0.15, 0.2) is 66.7 Å². The molecule has 0 atom stereocenters. The summed E-state index contributed by atoms with van der Waals surface area (Å²) in [5.74, 6) is 0.670. The molecule has 4 rings (SSSR count). The van der Waals surface area contributed by atoms with Crippen molar-refractivity contribution in [2.24, 2.45) is 0 Å². The van der Waals surface area contributed by atoms with Gasteiger partial charge >= 0.3 is 0 Å². The summed E-state index contributed by atoms with van der Waals surface area (Å²) in [6.07, 6.45) is 4.13. The summed E-state index contributed by atoms with van der Waals surface area (Å²) in [4.78, 5) is 4.69. The van der Waals surface area contributed by atoms with Crippen LogP contribution in [0.2, 0.25) is 0 Å². The molecule has 0 radical (unpaired) electrons. The van der Waals surface area contributed by atoms with Gasteiger partial charge in [-0.05, 0) is 41.5 Å². The summed E-state index contributed by atoms with van der Waals surface area (Å²) in [6, 6.07) is 21.7. The molecule has 0 saturated carbocycles. The molecule has 5 heteroatoms. The van der Waals surface area contributed by atoms with E-state index in [4.69, 9.17) is 15.5 Å². The number of halogens is 1. The third-order valence-electron chi connectivity index (χ3n) is 4.27. The molecule has 0 aliphatic rings. The van der Waals surface area contributed by atoms with Crippen molar-refractivity contribution in [2.75, 3.05) is 19.0 Å². The first kappa shape index (κ1) is 18.2. The van der Waals surface area contributed by atoms with Gasteiger partial charge in [0.2, 0.25) is 0 Å². The van der Waals surface area contributed by atoms with E-state index in [9.17, 15) is 4.39 Å². The lowest BCUT2D eigenvalue weighted by atomic mass is 10.1. The van der Waals surface area contributed by atoms with E-state index in [-0.39, 0.29) is 6.61 Å². The Morgan fingerprint density at radius 2 is 1.61 bits per heavy atom. The van der Waals surface area contributed by atoms with Gasteiger partial charge in [-0.1, -0.05) is 48.6 Å². The molecule has 0 amide bonds. The smallest absolute Gasteiger partial charge is 0.124 e. The number of hydrogen-bond donors (Lipinski definition) is 1. The second kappa shape index (κ2) is 8.23. The van der Waals surface area contributed by atoms with Crippen LogP contribution in [0.5, 0.6) is 5.75 Å². The number of alkyl halides is 1. The highest BCUT2D eigenvalue weighted by Gasteiger charge is 2.07. The molecule has 1 aromatic heterocycles. The van der Waals surface area contributed by atoms with Gasteiger partial charge in [0.05, 0.1) is 10.2 Å². The fourth-order valence-electron chi connectivity index (χ4n) is 2.81. The van der Waals surface area contributed by atoms with Gasteiger partial charge in [0.25, 0.3) is 0 Å². The third-order valence-corrected chi connectivity index (χ3v) is 5.34. The van der Waals surface area contributed by atoms with Crippen LogP contribution in [0.25, 0.3) is 32.9 Å². The van der Waals surface area contributed by atoms with E-state index in [2.05, 4.69) is 36.4 Å². The summed E-state index contributed by atoms with van der Waals surface area (Å²) in [5, 5.41) is 0.951. The Hall–Kier alpha value is -3.18. The van der Waals surface area contributed by atoms with Crippen LogP contribution in [0.4, 0.5) is 10.1 Å². The molecular formula is C23H19FN2OS. The normalized spacial score (nSPS) is 11.3. The molecule has 0 unspecified atom stereocenters.